The molecule has 7 heteroatoms. The first-order chi connectivity index (χ1) is 12.6. The Morgan fingerprint density at radius 3 is 2.77 bits per heavy atom. The minimum atomic E-state index is -0.128. The summed E-state index contributed by atoms with van der Waals surface area (Å²) in [4.78, 5) is 32.3. The second kappa shape index (κ2) is 6.84. The van der Waals surface area contributed by atoms with E-state index < -0.39 is 0 Å². The summed E-state index contributed by atoms with van der Waals surface area (Å²) in [5, 5.41) is 4.46. The first-order valence-corrected chi connectivity index (χ1v) is 9.26. The fraction of sp³-hybridized carbons (Fsp3) is 0.263. The lowest BCUT2D eigenvalue weighted by Crippen LogP contribution is -2.52. The average Bonchev–Trinajstić information content (AvgIpc) is 3.06. The van der Waals surface area contributed by atoms with Crippen LogP contribution in [0.15, 0.2) is 53.6 Å². The monoisotopic (exact) mass is 366 g/mol. The van der Waals surface area contributed by atoms with Crippen LogP contribution in [0.4, 0.5) is 0 Å². The minimum Gasteiger partial charge on any atom is -0.337 e. The van der Waals surface area contributed by atoms with E-state index in [4.69, 9.17) is 0 Å². The quantitative estimate of drug-likeness (QED) is 0.711. The fourth-order valence-electron chi connectivity index (χ4n) is 3.05. The van der Waals surface area contributed by atoms with E-state index in [0.717, 1.165) is 21.0 Å². The van der Waals surface area contributed by atoms with E-state index in [0.29, 0.717) is 19.6 Å². The maximum atomic E-state index is 12.4. The number of hydrogen-bond donors (Lipinski definition) is 0. The lowest BCUT2D eigenvalue weighted by Gasteiger charge is -2.39. The molecule has 6 nitrogen and oxygen atoms in total. The smallest absolute Gasteiger partial charge is 0.266 e. The number of pyridine rings is 1. The Hall–Kier alpha value is -2.80. The zero-order valence-electron chi connectivity index (χ0n) is 14.3. The lowest BCUT2D eigenvalue weighted by molar-refractivity contribution is 0.0463. The number of amides is 1. The Labute approximate surface area is 154 Å². The highest BCUT2D eigenvalue weighted by molar-refractivity contribution is 7.13. The zero-order valence-corrected chi connectivity index (χ0v) is 15.1. The maximum absolute atomic E-state index is 12.4. The van der Waals surface area contributed by atoms with Crippen molar-refractivity contribution in [3.8, 4) is 11.3 Å². The number of hydrogen-bond acceptors (Lipinski definition) is 5. The van der Waals surface area contributed by atoms with Crippen LogP contribution in [0.25, 0.3) is 11.3 Å². The van der Waals surface area contributed by atoms with Gasteiger partial charge in [0.15, 0.2) is 0 Å². The van der Waals surface area contributed by atoms with Crippen molar-refractivity contribution in [3.63, 3.8) is 0 Å². The standard InChI is InChI=1S/C19H18N4O2S/c1-13-4-6-17(26-13)19(25)22-10-14(11-22)12-23-18(24)7-5-16(21-23)15-3-2-8-20-9-15/h2-9,14H,10-12H2,1H3. The van der Waals surface area contributed by atoms with Gasteiger partial charge in [0.1, 0.15) is 0 Å². The Kier molecular flexibility index (Phi) is 4.38. The van der Waals surface area contributed by atoms with Gasteiger partial charge in [-0.2, -0.15) is 5.10 Å². The van der Waals surface area contributed by atoms with Gasteiger partial charge in [-0.25, -0.2) is 4.68 Å². The van der Waals surface area contributed by atoms with Crippen molar-refractivity contribution in [2.75, 3.05) is 13.1 Å². The summed E-state index contributed by atoms with van der Waals surface area (Å²) in [5.74, 6) is 0.318. The van der Waals surface area contributed by atoms with Crippen molar-refractivity contribution in [2.24, 2.45) is 5.92 Å². The highest BCUT2D eigenvalue weighted by atomic mass is 32.1. The van der Waals surface area contributed by atoms with Gasteiger partial charge in [-0.1, -0.05) is 0 Å². The number of carbonyl (C=O) groups is 1. The molecule has 0 unspecified atom stereocenters. The summed E-state index contributed by atoms with van der Waals surface area (Å²) in [5.41, 5.74) is 1.47. The van der Waals surface area contributed by atoms with E-state index in [1.54, 1.807) is 18.5 Å². The van der Waals surface area contributed by atoms with Gasteiger partial charge in [-0.15, -0.1) is 11.3 Å². The number of aryl methyl sites for hydroxylation is 1. The first kappa shape index (κ1) is 16.7. The van der Waals surface area contributed by atoms with Crippen LogP contribution in [-0.2, 0) is 6.54 Å². The van der Waals surface area contributed by atoms with E-state index in [2.05, 4.69) is 10.1 Å². The molecule has 0 N–H and O–H groups in total. The number of aromatic nitrogens is 3. The molecule has 4 rings (SSSR count). The Bertz CT molecular complexity index is 990. The SMILES string of the molecule is Cc1ccc(C(=O)N2CC(Cn3nc(-c4cccnc4)ccc3=O)C2)s1. The average molecular weight is 366 g/mol. The van der Waals surface area contributed by atoms with Crippen LogP contribution in [0.3, 0.4) is 0 Å². The zero-order chi connectivity index (χ0) is 18.1. The van der Waals surface area contributed by atoms with Crippen LogP contribution < -0.4 is 5.56 Å². The molecule has 26 heavy (non-hydrogen) atoms. The van der Waals surface area contributed by atoms with Gasteiger partial charge in [0.05, 0.1) is 17.1 Å². The molecule has 0 bridgehead atoms. The predicted octanol–water partition coefficient (Wildman–Crippen LogP) is 2.45. The molecule has 0 radical (unpaired) electrons. The van der Waals surface area contributed by atoms with Gasteiger partial charge >= 0.3 is 0 Å². The van der Waals surface area contributed by atoms with E-state index in [1.807, 2.05) is 36.1 Å². The molecule has 132 valence electrons. The van der Waals surface area contributed by atoms with Gasteiger partial charge in [-0.05, 0) is 37.3 Å². The number of carbonyl (C=O) groups excluding carboxylic acids is 1. The molecular weight excluding hydrogens is 348 g/mol. The van der Waals surface area contributed by atoms with Gasteiger partial charge in [-0.3, -0.25) is 14.6 Å². The molecule has 1 saturated heterocycles. The Balaban J connectivity index is 1.43. The summed E-state index contributed by atoms with van der Waals surface area (Å²) >= 11 is 1.52. The van der Waals surface area contributed by atoms with Crippen LogP contribution >= 0.6 is 11.3 Å². The van der Waals surface area contributed by atoms with Crippen molar-refractivity contribution >= 4 is 17.2 Å². The normalized spacial score (nSPS) is 14.3. The fourth-order valence-corrected chi connectivity index (χ4v) is 3.88. The highest BCUT2D eigenvalue weighted by Gasteiger charge is 2.32. The summed E-state index contributed by atoms with van der Waals surface area (Å²) in [6, 6.07) is 10.8. The van der Waals surface area contributed by atoms with Crippen molar-refractivity contribution < 1.29 is 4.79 Å². The van der Waals surface area contributed by atoms with E-state index in [-0.39, 0.29) is 17.4 Å². The molecule has 1 aliphatic heterocycles. The number of likely N-dealkylation sites (tertiary alicyclic amines) is 1. The van der Waals surface area contributed by atoms with Gasteiger partial charge in [0.25, 0.3) is 11.5 Å². The molecular formula is C19H18N4O2S. The van der Waals surface area contributed by atoms with Gasteiger partial charge in [0.2, 0.25) is 0 Å². The number of thiophene rings is 1. The van der Waals surface area contributed by atoms with Crippen LogP contribution in [0, 0.1) is 12.8 Å². The number of rotatable bonds is 4. The van der Waals surface area contributed by atoms with Gasteiger partial charge in [0, 0.05) is 47.9 Å². The third-order valence-electron chi connectivity index (χ3n) is 4.45. The largest absolute Gasteiger partial charge is 0.337 e. The van der Waals surface area contributed by atoms with Crippen LogP contribution in [-0.4, -0.2) is 38.7 Å². The Morgan fingerprint density at radius 1 is 1.23 bits per heavy atom. The highest BCUT2D eigenvalue weighted by Crippen LogP contribution is 2.23. The van der Waals surface area contributed by atoms with E-state index in [1.165, 1.54) is 22.1 Å². The summed E-state index contributed by atoms with van der Waals surface area (Å²) in [7, 11) is 0. The third-order valence-corrected chi connectivity index (χ3v) is 5.44. The number of nitrogens with zero attached hydrogens (tertiary/aromatic N) is 4. The van der Waals surface area contributed by atoms with Crippen LogP contribution in [0.5, 0.6) is 0 Å². The molecule has 0 saturated carbocycles. The molecule has 4 heterocycles. The van der Waals surface area contributed by atoms with Crippen LogP contribution in [0.1, 0.15) is 14.5 Å². The Morgan fingerprint density at radius 2 is 2.08 bits per heavy atom. The van der Waals surface area contributed by atoms with Gasteiger partial charge < -0.3 is 4.90 Å². The molecule has 1 aliphatic rings. The third kappa shape index (κ3) is 3.30. The first-order valence-electron chi connectivity index (χ1n) is 8.44. The molecule has 0 aliphatic carbocycles. The van der Waals surface area contributed by atoms with Crippen molar-refractivity contribution in [3.05, 3.63) is 68.9 Å². The predicted molar refractivity (Wildman–Crippen MR) is 100 cm³/mol. The summed E-state index contributed by atoms with van der Waals surface area (Å²) in [6.07, 6.45) is 3.43. The molecule has 1 amide bonds. The molecule has 1 fully saturated rings. The van der Waals surface area contributed by atoms with E-state index >= 15 is 0 Å². The lowest BCUT2D eigenvalue weighted by atomic mass is 10.00. The van der Waals surface area contributed by atoms with Crippen molar-refractivity contribution in [1.29, 1.82) is 0 Å². The molecule has 0 spiro atoms. The minimum absolute atomic E-state index is 0.0729. The second-order valence-electron chi connectivity index (χ2n) is 6.47. The molecule has 0 atom stereocenters. The summed E-state index contributed by atoms with van der Waals surface area (Å²) in [6.45, 7) is 3.82. The van der Waals surface area contributed by atoms with Crippen molar-refractivity contribution in [2.45, 2.75) is 13.5 Å². The topological polar surface area (TPSA) is 68.1 Å². The molecule has 3 aromatic rings. The van der Waals surface area contributed by atoms with E-state index in [9.17, 15) is 9.59 Å². The summed E-state index contributed by atoms with van der Waals surface area (Å²) < 4.78 is 1.49. The second-order valence-corrected chi connectivity index (χ2v) is 7.75. The van der Waals surface area contributed by atoms with Crippen molar-refractivity contribution in [1.82, 2.24) is 19.7 Å². The maximum Gasteiger partial charge on any atom is 0.266 e. The molecule has 3 aromatic heterocycles. The molecule has 0 aromatic carbocycles. The van der Waals surface area contributed by atoms with Crippen LogP contribution in [0.2, 0.25) is 0 Å².